The highest BCUT2D eigenvalue weighted by Gasteiger charge is 2.34. The highest BCUT2D eigenvalue weighted by Crippen LogP contribution is 2.59. The van der Waals surface area contributed by atoms with Gasteiger partial charge in [0.15, 0.2) is 0 Å². The second-order valence-electron chi connectivity index (χ2n) is 6.15. The van der Waals surface area contributed by atoms with Gasteiger partial charge in [0.25, 0.3) is 0 Å². The van der Waals surface area contributed by atoms with Crippen molar-refractivity contribution < 1.29 is 0 Å². The first-order valence-corrected chi connectivity index (χ1v) is 10.4. The minimum Gasteiger partial charge on any atom is -0.204 e. The number of nitrogens with two attached hydrogens (primary N) is 1. The summed E-state index contributed by atoms with van der Waals surface area (Å²) in [6.45, 7) is 0. The SMILES string of the molecule is N[P+](Cc1ccccc1)(Cc1ccccc1)Cc1ccccc1. The summed E-state index contributed by atoms with van der Waals surface area (Å²) in [5.41, 5.74) is 11.0. The Morgan fingerprint density at radius 3 is 1.00 bits per heavy atom. The van der Waals surface area contributed by atoms with Gasteiger partial charge in [-0.3, -0.25) is 0 Å². The molecule has 0 aromatic heterocycles. The first kappa shape index (κ1) is 15.9. The molecule has 3 rings (SSSR count). The van der Waals surface area contributed by atoms with E-state index in [0.29, 0.717) is 0 Å². The summed E-state index contributed by atoms with van der Waals surface area (Å²) in [6, 6.07) is 32.0. The molecule has 0 spiro atoms. The first-order chi connectivity index (χ1) is 11.2. The minimum atomic E-state index is -1.64. The monoisotopic (exact) mass is 320 g/mol. The maximum atomic E-state index is 7.01. The zero-order valence-electron chi connectivity index (χ0n) is 13.3. The van der Waals surface area contributed by atoms with Crippen LogP contribution in [-0.2, 0) is 18.5 Å². The van der Waals surface area contributed by atoms with E-state index in [2.05, 4.69) is 91.0 Å². The van der Waals surface area contributed by atoms with Crippen molar-refractivity contribution >= 4 is 7.41 Å². The van der Waals surface area contributed by atoms with Crippen LogP contribution in [0.5, 0.6) is 0 Å². The van der Waals surface area contributed by atoms with Gasteiger partial charge in [0.2, 0.25) is 0 Å². The molecule has 3 aromatic carbocycles. The molecule has 116 valence electrons. The van der Waals surface area contributed by atoms with E-state index in [1.54, 1.807) is 0 Å². The van der Waals surface area contributed by atoms with Gasteiger partial charge in [-0.05, 0) is 16.7 Å². The second-order valence-corrected chi connectivity index (χ2v) is 9.54. The summed E-state index contributed by atoms with van der Waals surface area (Å²) in [5.74, 6) is 0. The lowest BCUT2D eigenvalue weighted by Crippen LogP contribution is -2.13. The maximum absolute atomic E-state index is 7.01. The van der Waals surface area contributed by atoms with E-state index in [1.807, 2.05) is 0 Å². The Morgan fingerprint density at radius 2 is 0.739 bits per heavy atom. The fraction of sp³-hybridized carbons (Fsp3) is 0.143. The predicted octanol–water partition coefficient (Wildman–Crippen LogP) is 5.48. The predicted molar refractivity (Wildman–Crippen MR) is 102 cm³/mol. The topological polar surface area (TPSA) is 26.0 Å². The van der Waals surface area contributed by atoms with Gasteiger partial charge < -0.3 is 0 Å². The van der Waals surface area contributed by atoms with Crippen LogP contribution >= 0.6 is 7.41 Å². The molecule has 0 fully saturated rings. The Labute approximate surface area is 139 Å². The van der Waals surface area contributed by atoms with Gasteiger partial charge in [0.05, 0.1) is 7.41 Å². The van der Waals surface area contributed by atoms with Crippen LogP contribution in [0.2, 0.25) is 0 Å². The van der Waals surface area contributed by atoms with E-state index in [0.717, 1.165) is 18.5 Å². The highest BCUT2D eigenvalue weighted by atomic mass is 31.2. The Bertz CT molecular complexity index is 609. The fourth-order valence-corrected chi connectivity index (χ4v) is 6.16. The average molecular weight is 320 g/mol. The quantitative estimate of drug-likeness (QED) is 0.598. The molecule has 0 aliphatic carbocycles. The molecular weight excluding hydrogens is 297 g/mol. The molecular formula is C21H23NP+. The molecule has 0 aliphatic rings. The van der Waals surface area contributed by atoms with E-state index < -0.39 is 7.41 Å². The molecule has 2 N–H and O–H groups in total. The molecule has 0 amide bonds. The lowest BCUT2D eigenvalue weighted by molar-refractivity contribution is 1.21. The Hall–Kier alpha value is -1.95. The van der Waals surface area contributed by atoms with Crippen LogP contribution in [0.3, 0.4) is 0 Å². The van der Waals surface area contributed by atoms with Crippen molar-refractivity contribution in [2.45, 2.75) is 18.5 Å². The second kappa shape index (κ2) is 7.55. The number of rotatable bonds is 6. The third-order valence-corrected chi connectivity index (χ3v) is 7.01. The molecule has 0 saturated heterocycles. The van der Waals surface area contributed by atoms with Crippen LogP contribution in [0, 0.1) is 0 Å². The first-order valence-electron chi connectivity index (χ1n) is 8.00. The molecule has 23 heavy (non-hydrogen) atoms. The lowest BCUT2D eigenvalue weighted by Gasteiger charge is -2.23. The van der Waals surface area contributed by atoms with Crippen LogP contribution in [0.15, 0.2) is 91.0 Å². The average Bonchev–Trinajstić information content (AvgIpc) is 2.57. The summed E-state index contributed by atoms with van der Waals surface area (Å²) in [4.78, 5) is 0. The smallest absolute Gasteiger partial charge is 0.100 e. The van der Waals surface area contributed by atoms with E-state index in [9.17, 15) is 0 Å². The molecule has 3 aromatic rings. The normalized spacial score (nSPS) is 11.3. The van der Waals surface area contributed by atoms with E-state index >= 15 is 0 Å². The lowest BCUT2D eigenvalue weighted by atomic mass is 10.2. The van der Waals surface area contributed by atoms with Crippen molar-refractivity contribution in [1.82, 2.24) is 0 Å². The Balaban J connectivity index is 1.85. The van der Waals surface area contributed by atoms with Crippen molar-refractivity contribution in [3.63, 3.8) is 0 Å². The molecule has 2 heteroatoms. The zero-order valence-corrected chi connectivity index (χ0v) is 14.2. The summed E-state index contributed by atoms with van der Waals surface area (Å²) >= 11 is 0. The Kier molecular flexibility index (Phi) is 5.23. The fourth-order valence-electron chi connectivity index (χ4n) is 3.01. The van der Waals surface area contributed by atoms with E-state index in [-0.39, 0.29) is 0 Å². The van der Waals surface area contributed by atoms with Crippen molar-refractivity contribution in [1.29, 1.82) is 0 Å². The summed E-state index contributed by atoms with van der Waals surface area (Å²) < 4.78 is 0. The van der Waals surface area contributed by atoms with Crippen LogP contribution < -0.4 is 5.50 Å². The highest BCUT2D eigenvalue weighted by molar-refractivity contribution is 7.71. The summed E-state index contributed by atoms with van der Waals surface area (Å²) in [7, 11) is -1.64. The number of hydrogen-bond acceptors (Lipinski definition) is 1. The molecule has 0 bridgehead atoms. The summed E-state index contributed by atoms with van der Waals surface area (Å²) in [6.07, 6.45) is 2.95. The molecule has 0 unspecified atom stereocenters. The molecule has 0 aliphatic heterocycles. The Morgan fingerprint density at radius 1 is 0.478 bits per heavy atom. The van der Waals surface area contributed by atoms with Crippen molar-refractivity contribution in [3.05, 3.63) is 108 Å². The molecule has 0 heterocycles. The van der Waals surface area contributed by atoms with Crippen molar-refractivity contribution in [2.75, 3.05) is 0 Å². The number of benzene rings is 3. The largest absolute Gasteiger partial charge is 0.204 e. The molecule has 1 nitrogen and oxygen atoms in total. The van der Waals surface area contributed by atoms with Gasteiger partial charge in [-0.1, -0.05) is 91.0 Å². The van der Waals surface area contributed by atoms with Gasteiger partial charge in [0, 0.05) is 0 Å². The van der Waals surface area contributed by atoms with Crippen LogP contribution in [0.25, 0.3) is 0 Å². The molecule has 0 atom stereocenters. The van der Waals surface area contributed by atoms with Crippen LogP contribution in [-0.4, -0.2) is 0 Å². The van der Waals surface area contributed by atoms with Gasteiger partial charge in [-0.25, -0.2) is 5.50 Å². The molecule has 0 saturated carbocycles. The zero-order chi connectivity index (χ0) is 16.0. The van der Waals surface area contributed by atoms with Crippen molar-refractivity contribution in [3.8, 4) is 0 Å². The van der Waals surface area contributed by atoms with Crippen LogP contribution in [0.4, 0.5) is 0 Å². The minimum absolute atomic E-state index is 0.984. The van der Waals surface area contributed by atoms with Gasteiger partial charge in [-0.2, -0.15) is 0 Å². The van der Waals surface area contributed by atoms with E-state index in [1.165, 1.54) is 16.7 Å². The van der Waals surface area contributed by atoms with Gasteiger partial charge >= 0.3 is 0 Å². The standard InChI is InChI=1S/C21H23NP/c22-23(16-19-10-4-1-5-11-19,17-20-12-6-2-7-13-20)18-21-14-8-3-9-15-21/h1-15H,16-18,22H2/q+1. The third-order valence-electron chi connectivity index (χ3n) is 4.02. The van der Waals surface area contributed by atoms with Crippen LogP contribution in [0.1, 0.15) is 16.7 Å². The number of hydrogen-bond donors (Lipinski definition) is 1. The maximum Gasteiger partial charge on any atom is 0.100 e. The third kappa shape index (κ3) is 4.76. The van der Waals surface area contributed by atoms with Gasteiger partial charge in [0.1, 0.15) is 18.5 Å². The van der Waals surface area contributed by atoms with Gasteiger partial charge in [-0.15, -0.1) is 0 Å². The van der Waals surface area contributed by atoms with E-state index in [4.69, 9.17) is 5.50 Å². The van der Waals surface area contributed by atoms with Crippen molar-refractivity contribution in [2.24, 2.45) is 5.50 Å². The molecule has 0 radical (unpaired) electrons. The summed E-state index contributed by atoms with van der Waals surface area (Å²) in [5, 5.41) is 0.